The number of carboxylic acid groups (broad SMARTS) is 1. The van der Waals surface area contributed by atoms with E-state index in [1.807, 2.05) is 20.8 Å². The third-order valence-corrected chi connectivity index (χ3v) is 4.72. The quantitative estimate of drug-likeness (QED) is 0.658. The van der Waals surface area contributed by atoms with Crippen molar-refractivity contribution in [2.75, 3.05) is 17.2 Å². The number of nitrogens with zero attached hydrogens (tertiary/aromatic N) is 2. The molecule has 1 aromatic heterocycles. The van der Waals surface area contributed by atoms with E-state index in [2.05, 4.69) is 20.8 Å². The van der Waals surface area contributed by atoms with Crippen LogP contribution in [-0.4, -0.2) is 33.7 Å². The highest BCUT2D eigenvalue weighted by atomic mass is 32.1. The van der Waals surface area contributed by atoms with Crippen LogP contribution in [-0.2, 0) is 11.0 Å². The Labute approximate surface area is 163 Å². The third-order valence-electron chi connectivity index (χ3n) is 3.92. The summed E-state index contributed by atoms with van der Waals surface area (Å²) in [6.07, 6.45) is -4.48. The number of aliphatic carboxylic acids is 1. The fraction of sp³-hybridized carbons (Fsp3) is 0.412. The summed E-state index contributed by atoms with van der Waals surface area (Å²) in [4.78, 5) is 23.5. The second-order valence-electron chi connectivity index (χ2n) is 7.08. The molecule has 11 heteroatoms. The lowest BCUT2D eigenvalue weighted by Gasteiger charge is -2.26. The summed E-state index contributed by atoms with van der Waals surface area (Å²) >= 11 is 0.989. The number of rotatable bonds is 6. The van der Waals surface area contributed by atoms with Gasteiger partial charge >= 0.3 is 12.1 Å². The molecule has 2 aromatic rings. The second kappa shape index (κ2) is 8.13. The minimum absolute atomic E-state index is 0.0383. The summed E-state index contributed by atoms with van der Waals surface area (Å²) in [5, 5.41) is 22.7. The van der Waals surface area contributed by atoms with Gasteiger partial charge in [0.2, 0.25) is 10.3 Å². The lowest BCUT2D eigenvalue weighted by Crippen LogP contribution is -2.34. The van der Waals surface area contributed by atoms with Crippen molar-refractivity contribution in [1.29, 1.82) is 0 Å². The maximum Gasteiger partial charge on any atom is 0.416 e. The molecule has 1 heterocycles. The van der Waals surface area contributed by atoms with Gasteiger partial charge in [0.15, 0.2) is 0 Å². The zero-order valence-electron chi connectivity index (χ0n) is 15.3. The lowest BCUT2D eigenvalue weighted by molar-refractivity contribution is -0.144. The minimum atomic E-state index is -4.48. The summed E-state index contributed by atoms with van der Waals surface area (Å²) in [6.45, 7) is 5.55. The molecule has 1 unspecified atom stereocenters. The molecule has 2 rings (SSSR count). The first kappa shape index (κ1) is 21.6. The van der Waals surface area contributed by atoms with Crippen LogP contribution in [0, 0.1) is 11.3 Å². The van der Waals surface area contributed by atoms with Crippen LogP contribution in [0.4, 0.5) is 23.4 Å². The first-order chi connectivity index (χ1) is 12.9. The van der Waals surface area contributed by atoms with Crippen LogP contribution in [0.2, 0.25) is 0 Å². The van der Waals surface area contributed by atoms with Crippen LogP contribution in [0.5, 0.6) is 0 Å². The number of amides is 1. The molecule has 1 atom stereocenters. The van der Waals surface area contributed by atoms with Gasteiger partial charge in [-0.3, -0.25) is 14.9 Å². The SMILES string of the molecule is CC(C)(C)C(CNc1nnc(NC(=O)c2ccc(C(F)(F)F)cc2)s1)C(=O)O. The summed E-state index contributed by atoms with van der Waals surface area (Å²) < 4.78 is 37.7. The van der Waals surface area contributed by atoms with E-state index in [-0.39, 0.29) is 17.2 Å². The number of benzene rings is 1. The molecule has 0 saturated carbocycles. The maximum absolute atomic E-state index is 12.6. The summed E-state index contributed by atoms with van der Waals surface area (Å²) in [7, 11) is 0. The Morgan fingerprint density at radius 2 is 1.68 bits per heavy atom. The van der Waals surface area contributed by atoms with Gasteiger partial charge < -0.3 is 10.4 Å². The Kier molecular flexibility index (Phi) is 6.27. The highest BCUT2D eigenvalue weighted by molar-refractivity contribution is 7.19. The van der Waals surface area contributed by atoms with E-state index < -0.39 is 34.9 Å². The zero-order valence-corrected chi connectivity index (χ0v) is 16.1. The zero-order chi connectivity index (χ0) is 21.1. The molecular weight excluding hydrogens is 397 g/mol. The normalized spacial score (nSPS) is 13.1. The van der Waals surface area contributed by atoms with Crippen LogP contribution in [0.15, 0.2) is 24.3 Å². The molecule has 0 aliphatic heterocycles. The number of alkyl halides is 3. The average Bonchev–Trinajstić information content (AvgIpc) is 3.00. The first-order valence-electron chi connectivity index (χ1n) is 8.16. The molecule has 0 fully saturated rings. The molecule has 0 radical (unpaired) electrons. The van der Waals surface area contributed by atoms with Gasteiger partial charge in [-0.15, -0.1) is 10.2 Å². The van der Waals surface area contributed by atoms with E-state index in [1.165, 1.54) is 0 Å². The highest BCUT2D eigenvalue weighted by Crippen LogP contribution is 2.30. The average molecular weight is 416 g/mol. The Bertz CT molecular complexity index is 845. The van der Waals surface area contributed by atoms with Crippen molar-refractivity contribution in [2.24, 2.45) is 11.3 Å². The Morgan fingerprint density at radius 3 is 2.18 bits per heavy atom. The molecule has 0 bridgehead atoms. The lowest BCUT2D eigenvalue weighted by atomic mass is 9.81. The van der Waals surface area contributed by atoms with E-state index in [1.54, 1.807) is 0 Å². The van der Waals surface area contributed by atoms with Gasteiger partial charge in [0.1, 0.15) is 0 Å². The van der Waals surface area contributed by atoms with Crippen LogP contribution < -0.4 is 10.6 Å². The van der Waals surface area contributed by atoms with Gasteiger partial charge in [0, 0.05) is 12.1 Å². The Morgan fingerprint density at radius 1 is 1.11 bits per heavy atom. The largest absolute Gasteiger partial charge is 0.481 e. The maximum atomic E-state index is 12.6. The number of hydrogen-bond acceptors (Lipinski definition) is 6. The number of carbonyl (C=O) groups is 2. The van der Waals surface area contributed by atoms with Gasteiger partial charge in [0.25, 0.3) is 5.91 Å². The van der Waals surface area contributed by atoms with Crippen molar-refractivity contribution in [2.45, 2.75) is 26.9 Å². The summed E-state index contributed by atoms with van der Waals surface area (Å²) in [5.41, 5.74) is -1.28. The van der Waals surface area contributed by atoms with Gasteiger partial charge in [-0.05, 0) is 29.7 Å². The van der Waals surface area contributed by atoms with Gasteiger partial charge in [0.05, 0.1) is 11.5 Å². The number of hydrogen-bond donors (Lipinski definition) is 3. The number of aromatic nitrogens is 2. The molecule has 1 aromatic carbocycles. The van der Waals surface area contributed by atoms with Crippen LogP contribution in [0.1, 0.15) is 36.7 Å². The van der Waals surface area contributed by atoms with Gasteiger partial charge in [-0.1, -0.05) is 32.1 Å². The van der Waals surface area contributed by atoms with E-state index in [4.69, 9.17) is 0 Å². The summed E-state index contributed by atoms with van der Waals surface area (Å²) in [6, 6.07) is 3.78. The standard InChI is InChI=1S/C17H19F3N4O3S/c1-16(2,3)11(13(26)27)8-21-14-23-24-15(28-14)22-12(25)9-4-6-10(7-5-9)17(18,19)20/h4-7,11H,8H2,1-3H3,(H,21,23)(H,26,27)(H,22,24,25). The van der Waals surface area contributed by atoms with Crippen LogP contribution >= 0.6 is 11.3 Å². The molecule has 0 aliphatic rings. The molecule has 1 amide bonds. The molecule has 7 nitrogen and oxygen atoms in total. The van der Waals surface area contributed by atoms with Crippen LogP contribution in [0.25, 0.3) is 0 Å². The van der Waals surface area contributed by atoms with Gasteiger partial charge in [-0.25, -0.2) is 0 Å². The fourth-order valence-corrected chi connectivity index (χ4v) is 2.92. The fourth-order valence-electron chi connectivity index (χ4n) is 2.28. The van der Waals surface area contributed by atoms with E-state index >= 15 is 0 Å². The van der Waals surface area contributed by atoms with Crippen molar-refractivity contribution < 1.29 is 27.9 Å². The Hall–Kier alpha value is -2.69. The third kappa shape index (κ3) is 5.65. The number of carbonyl (C=O) groups excluding carboxylic acids is 1. The first-order valence-corrected chi connectivity index (χ1v) is 8.98. The Balaban J connectivity index is 1.98. The van der Waals surface area contributed by atoms with Crippen molar-refractivity contribution in [3.63, 3.8) is 0 Å². The number of halogens is 3. The number of carboxylic acids is 1. The van der Waals surface area contributed by atoms with Crippen molar-refractivity contribution >= 4 is 33.5 Å². The molecule has 28 heavy (non-hydrogen) atoms. The van der Waals surface area contributed by atoms with E-state index in [9.17, 15) is 27.9 Å². The number of anilines is 2. The van der Waals surface area contributed by atoms with E-state index in [0.29, 0.717) is 5.13 Å². The molecule has 152 valence electrons. The molecule has 0 aliphatic carbocycles. The van der Waals surface area contributed by atoms with Crippen molar-refractivity contribution in [1.82, 2.24) is 10.2 Å². The molecule has 0 spiro atoms. The highest BCUT2D eigenvalue weighted by Gasteiger charge is 2.31. The minimum Gasteiger partial charge on any atom is -0.481 e. The molecule has 3 N–H and O–H groups in total. The predicted octanol–water partition coefficient (Wildman–Crippen LogP) is 3.97. The second-order valence-corrected chi connectivity index (χ2v) is 8.06. The van der Waals surface area contributed by atoms with E-state index in [0.717, 1.165) is 35.6 Å². The molecular formula is C17H19F3N4O3S. The smallest absolute Gasteiger partial charge is 0.416 e. The van der Waals surface area contributed by atoms with Crippen molar-refractivity contribution in [3.05, 3.63) is 35.4 Å². The van der Waals surface area contributed by atoms with Crippen molar-refractivity contribution in [3.8, 4) is 0 Å². The topological polar surface area (TPSA) is 104 Å². The monoisotopic (exact) mass is 416 g/mol. The van der Waals surface area contributed by atoms with Crippen LogP contribution in [0.3, 0.4) is 0 Å². The summed E-state index contributed by atoms with van der Waals surface area (Å²) in [5.74, 6) is -2.24. The molecule has 0 saturated heterocycles. The van der Waals surface area contributed by atoms with Gasteiger partial charge in [-0.2, -0.15) is 13.2 Å². The predicted molar refractivity (Wildman–Crippen MR) is 98.4 cm³/mol. The number of nitrogens with one attached hydrogen (secondary N) is 2.